The molecule has 29 heavy (non-hydrogen) atoms. The molecule has 0 bridgehead atoms. The van der Waals surface area contributed by atoms with E-state index in [0.29, 0.717) is 21.9 Å². The molecule has 5 nitrogen and oxygen atoms in total. The highest BCUT2D eigenvalue weighted by Gasteiger charge is 2.09. The monoisotopic (exact) mass is 476 g/mol. The molecule has 0 saturated heterocycles. The Bertz CT molecular complexity index is 1040. The quantitative estimate of drug-likeness (QED) is 0.226. The molecule has 0 aromatic heterocycles. The number of carbonyl (C=O) groups is 1. The van der Waals surface area contributed by atoms with Crippen molar-refractivity contribution < 1.29 is 18.8 Å². The molecule has 0 atom stereocenters. The summed E-state index contributed by atoms with van der Waals surface area (Å²) >= 11 is 9.45. The molecule has 0 radical (unpaired) electrons. The minimum absolute atomic E-state index is 0.0326. The van der Waals surface area contributed by atoms with Crippen LogP contribution in [-0.4, -0.2) is 11.8 Å². The van der Waals surface area contributed by atoms with E-state index in [1.807, 2.05) is 6.07 Å². The molecule has 0 heterocycles. The number of halogens is 3. The summed E-state index contributed by atoms with van der Waals surface area (Å²) in [6.07, 6.45) is 0. The second-order valence-corrected chi connectivity index (χ2v) is 7.25. The molecule has 0 spiro atoms. The van der Waals surface area contributed by atoms with E-state index >= 15 is 0 Å². The Balaban J connectivity index is 1.58. The van der Waals surface area contributed by atoms with Crippen LogP contribution in [0.4, 0.5) is 4.39 Å². The lowest BCUT2D eigenvalue weighted by atomic mass is 10.1. The van der Waals surface area contributed by atoms with Crippen LogP contribution in [0.15, 0.2) is 76.4 Å². The molecule has 2 N–H and O–H groups in total. The van der Waals surface area contributed by atoms with Crippen LogP contribution >= 0.6 is 27.5 Å². The Kier molecular flexibility index (Phi) is 6.85. The van der Waals surface area contributed by atoms with Crippen LogP contribution in [0, 0.1) is 5.82 Å². The maximum Gasteiger partial charge on any atom is 0.365 e. The lowest BCUT2D eigenvalue weighted by Gasteiger charge is -2.08. The van der Waals surface area contributed by atoms with E-state index in [2.05, 4.69) is 21.1 Å². The van der Waals surface area contributed by atoms with Crippen LogP contribution in [0.5, 0.6) is 5.75 Å². The first-order valence-electron chi connectivity index (χ1n) is 8.40. The molecule has 3 aromatic carbocycles. The Morgan fingerprint density at radius 1 is 1.03 bits per heavy atom. The fourth-order valence-corrected chi connectivity index (χ4v) is 3.04. The molecule has 0 fully saturated rings. The summed E-state index contributed by atoms with van der Waals surface area (Å²) < 4.78 is 19.5. The Morgan fingerprint density at radius 2 is 1.69 bits per heavy atom. The molecule has 0 saturated carbocycles. The van der Waals surface area contributed by atoms with Crippen molar-refractivity contribution in [3.05, 3.63) is 98.7 Å². The van der Waals surface area contributed by atoms with Gasteiger partial charge in [-0.25, -0.2) is 9.18 Å². The number of ether oxygens (including phenoxy) is 1. The third-order valence-corrected chi connectivity index (χ3v) is 4.63. The maximum atomic E-state index is 12.9. The van der Waals surface area contributed by atoms with Crippen molar-refractivity contribution >= 4 is 39.3 Å². The van der Waals surface area contributed by atoms with Crippen LogP contribution in [0.2, 0.25) is 5.02 Å². The van der Waals surface area contributed by atoms with Gasteiger partial charge < -0.3 is 15.3 Å². The van der Waals surface area contributed by atoms with E-state index in [-0.39, 0.29) is 12.4 Å². The third kappa shape index (κ3) is 5.79. The normalized spacial score (nSPS) is 11.2. The Hall–Kier alpha value is -2.90. The first kappa shape index (κ1) is 20.8. The number of rotatable bonds is 6. The number of nitrogens with zero attached hydrogens (tertiary/aromatic N) is 1. The van der Waals surface area contributed by atoms with Gasteiger partial charge in [0.25, 0.3) is 0 Å². The highest BCUT2D eigenvalue weighted by atomic mass is 79.9. The molecule has 148 valence electrons. The highest BCUT2D eigenvalue weighted by Crippen LogP contribution is 2.28. The van der Waals surface area contributed by atoms with E-state index in [4.69, 9.17) is 26.9 Å². The van der Waals surface area contributed by atoms with Gasteiger partial charge in [-0.15, -0.1) is 0 Å². The number of hydrogen-bond acceptors (Lipinski definition) is 4. The largest absolute Gasteiger partial charge is 0.487 e. The van der Waals surface area contributed by atoms with Crippen molar-refractivity contribution in [3.63, 3.8) is 0 Å². The standard InChI is InChI=1S/C21H15BrClFN2O3/c22-16-7-10-19(18(23)11-16)28-12-13-1-3-15(4-2-13)21(27)29-26-20(25)14-5-8-17(24)9-6-14/h1-11H,12H2,(H2,25,26). The number of amidine groups is 1. The van der Waals surface area contributed by atoms with Crippen molar-refractivity contribution in [1.29, 1.82) is 0 Å². The summed E-state index contributed by atoms with van der Waals surface area (Å²) in [5.74, 6) is -0.540. The van der Waals surface area contributed by atoms with Crippen molar-refractivity contribution in [2.75, 3.05) is 0 Å². The maximum absolute atomic E-state index is 12.9. The van der Waals surface area contributed by atoms with E-state index in [1.165, 1.54) is 24.3 Å². The number of nitrogens with two attached hydrogens (primary N) is 1. The van der Waals surface area contributed by atoms with Gasteiger partial charge in [0, 0.05) is 10.0 Å². The lowest BCUT2D eigenvalue weighted by molar-refractivity contribution is 0.0516. The van der Waals surface area contributed by atoms with Crippen LogP contribution in [0.3, 0.4) is 0 Å². The van der Waals surface area contributed by atoms with Crippen LogP contribution in [0.25, 0.3) is 0 Å². The average Bonchev–Trinajstić information content (AvgIpc) is 2.72. The molecular formula is C21H15BrClFN2O3. The molecular weight excluding hydrogens is 463 g/mol. The van der Waals surface area contributed by atoms with Gasteiger partial charge in [-0.2, -0.15) is 0 Å². The molecule has 0 aliphatic carbocycles. The molecule has 0 aliphatic heterocycles. The van der Waals surface area contributed by atoms with Crippen LogP contribution < -0.4 is 10.5 Å². The zero-order chi connectivity index (χ0) is 20.8. The van der Waals surface area contributed by atoms with Gasteiger partial charge in [0.2, 0.25) is 0 Å². The molecule has 3 aromatic rings. The second-order valence-electron chi connectivity index (χ2n) is 5.92. The van der Waals surface area contributed by atoms with Gasteiger partial charge in [-0.05, 0) is 60.2 Å². The molecule has 0 unspecified atom stereocenters. The fraction of sp³-hybridized carbons (Fsp3) is 0.0476. The zero-order valence-electron chi connectivity index (χ0n) is 14.9. The van der Waals surface area contributed by atoms with Gasteiger partial charge >= 0.3 is 5.97 Å². The lowest BCUT2D eigenvalue weighted by Crippen LogP contribution is -2.15. The summed E-state index contributed by atoms with van der Waals surface area (Å²) in [6, 6.07) is 17.3. The summed E-state index contributed by atoms with van der Waals surface area (Å²) in [4.78, 5) is 17.0. The first-order valence-corrected chi connectivity index (χ1v) is 9.57. The van der Waals surface area contributed by atoms with E-state index in [0.717, 1.165) is 10.0 Å². The molecule has 0 amide bonds. The first-order chi connectivity index (χ1) is 13.9. The van der Waals surface area contributed by atoms with E-state index in [9.17, 15) is 9.18 Å². The number of oxime groups is 1. The number of benzene rings is 3. The molecule has 3 rings (SSSR count). The molecule has 0 aliphatic rings. The zero-order valence-corrected chi connectivity index (χ0v) is 17.3. The average molecular weight is 478 g/mol. The molecule has 8 heteroatoms. The topological polar surface area (TPSA) is 73.9 Å². The van der Waals surface area contributed by atoms with Crippen LogP contribution in [0.1, 0.15) is 21.5 Å². The van der Waals surface area contributed by atoms with Crippen molar-refractivity contribution in [1.82, 2.24) is 0 Å². The Morgan fingerprint density at radius 3 is 2.34 bits per heavy atom. The summed E-state index contributed by atoms with van der Waals surface area (Å²) in [6.45, 7) is 0.284. The van der Waals surface area contributed by atoms with Gasteiger partial charge in [-0.1, -0.05) is 44.8 Å². The third-order valence-electron chi connectivity index (χ3n) is 3.84. The van der Waals surface area contributed by atoms with Gasteiger partial charge in [-0.3, -0.25) is 0 Å². The smallest absolute Gasteiger partial charge is 0.365 e. The van der Waals surface area contributed by atoms with Gasteiger partial charge in [0.15, 0.2) is 5.84 Å². The van der Waals surface area contributed by atoms with Crippen molar-refractivity contribution in [2.24, 2.45) is 10.9 Å². The number of carbonyl (C=O) groups excluding carboxylic acids is 1. The van der Waals surface area contributed by atoms with E-state index < -0.39 is 11.8 Å². The van der Waals surface area contributed by atoms with Crippen molar-refractivity contribution in [3.8, 4) is 5.75 Å². The fourth-order valence-electron chi connectivity index (χ4n) is 2.31. The van der Waals surface area contributed by atoms with Crippen molar-refractivity contribution in [2.45, 2.75) is 6.61 Å². The minimum Gasteiger partial charge on any atom is -0.487 e. The second kappa shape index (κ2) is 9.54. The predicted molar refractivity (Wildman–Crippen MR) is 112 cm³/mol. The van der Waals surface area contributed by atoms with Crippen LogP contribution in [-0.2, 0) is 11.4 Å². The minimum atomic E-state index is -0.668. The summed E-state index contributed by atoms with van der Waals surface area (Å²) in [5.41, 5.74) is 7.31. The summed E-state index contributed by atoms with van der Waals surface area (Å²) in [7, 11) is 0. The van der Waals surface area contributed by atoms with E-state index in [1.54, 1.807) is 36.4 Å². The Labute approximate surface area is 180 Å². The van der Waals surface area contributed by atoms with Gasteiger partial charge in [0.1, 0.15) is 18.2 Å². The highest BCUT2D eigenvalue weighted by molar-refractivity contribution is 9.10. The number of hydrogen-bond donors (Lipinski definition) is 1. The van der Waals surface area contributed by atoms with Gasteiger partial charge in [0.05, 0.1) is 10.6 Å². The predicted octanol–water partition coefficient (Wildman–Crippen LogP) is 5.30. The SMILES string of the molecule is N/C(=N\OC(=O)c1ccc(COc2ccc(Br)cc2Cl)cc1)c1ccc(F)cc1. The summed E-state index contributed by atoms with van der Waals surface area (Å²) in [5, 5.41) is 4.09.